The summed E-state index contributed by atoms with van der Waals surface area (Å²) >= 11 is 0. The van der Waals surface area contributed by atoms with Gasteiger partial charge in [0.2, 0.25) is 5.91 Å². The van der Waals surface area contributed by atoms with E-state index in [0.717, 1.165) is 11.4 Å². The third kappa shape index (κ3) is 2.88. The van der Waals surface area contributed by atoms with Gasteiger partial charge in [-0.05, 0) is 21.0 Å². The Bertz CT molecular complexity index is 414. The molecular formula is C12H21N5O. The molecule has 3 N–H and O–H groups in total. The Kier molecular flexibility index (Phi) is 3.98. The zero-order chi connectivity index (χ0) is 13.1. The Balaban J connectivity index is 1.84. The topological polar surface area (TPSA) is 73.0 Å². The minimum atomic E-state index is -0.171. The van der Waals surface area contributed by atoms with Crippen LogP contribution < -0.4 is 10.6 Å². The predicted octanol–water partition coefficient (Wildman–Crippen LogP) is -0.510. The van der Waals surface area contributed by atoms with Crippen LogP contribution in [0.2, 0.25) is 0 Å². The number of nitrogens with one attached hydrogen (secondary N) is 3. The van der Waals surface area contributed by atoms with Gasteiger partial charge in [-0.1, -0.05) is 0 Å². The molecule has 1 amide bonds. The Hall–Kier alpha value is -1.40. The van der Waals surface area contributed by atoms with Crippen LogP contribution in [0.25, 0.3) is 0 Å². The van der Waals surface area contributed by atoms with Crippen LogP contribution in [0.3, 0.4) is 0 Å². The number of amides is 1. The number of H-pyrrole nitrogens is 1. The maximum atomic E-state index is 12.0. The molecule has 2 heterocycles. The third-order valence-electron chi connectivity index (χ3n) is 3.50. The highest BCUT2D eigenvalue weighted by molar-refractivity contribution is 5.82. The molecule has 6 nitrogen and oxygen atoms in total. The Labute approximate surface area is 107 Å². The molecule has 2 atom stereocenters. The summed E-state index contributed by atoms with van der Waals surface area (Å²) in [4.78, 5) is 21.4. The summed E-state index contributed by atoms with van der Waals surface area (Å²) in [5.41, 5.74) is 2.08. The van der Waals surface area contributed by atoms with Crippen LogP contribution in [0.4, 0.5) is 0 Å². The highest BCUT2D eigenvalue weighted by Crippen LogP contribution is 2.11. The number of fused-ring (bicyclic) bond motifs is 1. The van der Waals surface area contributed by atoms with Gasteiger partial charge in [0.15, 0.2) is 0 Å². The van der Waals surface area contributed by atoms with E-state index in [1.807, 2.05) is 14.1 Å². The van der Waals surface area contributed by atoms with Gasteiger partial charge >= 0.3 is 0 Å². The summed E-state index contributed by atoms with van der Waals surface area (Å²) in [6.45, 7) is 3.43. The standard InChI is InChI=1S/C12H21N5O/c1-8(17(2)3)5-14-12(18)10-4-9-11(6-13-10)16-7-15-9/h7-8,10,13H,4-6H2,1-3H3,(H,14,18)(H,15,16). The van der Waals surface area contributed by atoms with Crippen LogP contribution in [-0.4, -0.2) is 53.5 Å². The first-order chi connectivity index (χ1) is 8.58. The number of rotatable bonds is 4. The van der Waals surface area contributed by atoms with Gasteiger partial charge in [-0.3, -0.25) is 10.1 Å². The number of hydrogen-bond acceptors (Lipinski definition) is 4. The van der Waals surface area contributed by atoms with E-state index in [1.54, 1.807) is 6.33 Å². The molecule has 100 valence electrons. The first-order valence-corrected chi connectivity index (χ1v) is 6.26. The van der Waals surface area contributed by atoms with Crippen molar-refractivity contribution in [1.82, 2.24) is 25.5 Å². The molecule has 0 bridgehead atoms. The van der Waals surface area contributed by atoms with Gasteiger partial charge in [0.25, 0.3) is 0 Å². The fourth-order valence-electron chi connectivity index (χ4n) is 1.91. The minimum Gasteiger partial charge on any atom is -0.353 e. The van der Waals surface area contributed by atoms with Crippen molar-refractivity contribution < 1.29 is 4.79 Å². The summed E-state index contributed by atoms with van der Waals surface area (Å²) in [6.07, 6.45) is 2.34. The Morgan fingerprint density at radius 1 is 1.67 bits per heavy atom. The molecule has 1 aromatic rings. The molecule has 0 saturated heterocycles. The number of aromatic nitrogens is 2. The Morgan fingerprint density at radius 3 is 3.17 bits per heavy atom. The molecule has 0 spiro atoms. The molecule has 6 heteroatoms. The van der Waals surface area contributed by atoms with Gasteiger partial charge in [0, 0.05) is 25.6 Å². The van der Waals surface area contributed by atoms with Crippen LogP contribution in [0.5, 0.6) is 0 Å². The second-order valence-electron chi connectivity index (χ2n) is 5.02. The molecule has 0 fully saturated rings. The van der Waals surface area contributed by atoms with Crippen molar-refractivity contribution in [2.75, 3.05) is 20.6 Å². The normalized spacial score (nSPS) is 20.6. The second kappa shape index (κ2) is 5.49. The average molecular weight is 251 g/mol. The number of hydrogen-bond donors (Lipinski definition) is 3. The number of likely N-dealkylation sites (N-methyl/N-ethyl adjacent to an activating group) is 1. The minimum absolute atomic E-state index is 0.0531. The van der Waals surface area contributed by atoms with Crippen LogP contribution in [0.1, 0.15) is 18.3 Å². The van der Waals surface area contributed by atoms with Crippen LogP contribution in [-0.2, 0) is 17.8 Å². The molecule has 1 aliphatic rings. The Morgan fingerprint density at radius 2 is 2.44 bits per heavy atom. The van der Waals surface area contributed by atoms with Crippen molar-refractivity contribution >= 4 is 5.91 Å². The molecule has 1 aliphatic heterocycles. The number of imidazole rings is 1. The number of carbonyl (C=O) groups is 1. The summed E-state index contributed by atoms with van der Waals surface area (Å²) < 4.78 is 0. The monoisotopic (exact) mass is 251 g/mol. The summed E-state index contributed by atoms with van der Waals surface area (Å²) in [6, 6.07) is 0.161. The lowest BCUT2D eigenvalue weighted by atomic mass is 10.0. The van der Waals surface area contributed by atoms with Crippen LogP contribution in [0.15, 0.2) is 6.33 Å². The molecule has 1 aromatic heterocycles. The maximum Gasteiger partial charge on any atom is 0.237 e. The summed E-state index contributed by atoms with van der Waals surface area (Å²) in [7, 11) is 4.01. The van der Waals surface area contributed by atoms with Crippen molar-refractivity contribution in [2.45, 2.75) is 32.0 Å². The average Bonchev–Trinajstić information content (AvgIpc) is 2.82. The van der Waals surface area contributed by atoms with Gasteiger partial charge < -0.3 is 15.2 Å². The van der Waals surface area contributed by atoms with E-state index in [0.29, 0.717) is 25.6 Å². The quantitative estimate of drug-likeness (QED) is 0.674. The molecule has 0 saturated carbocycles. The third-order valence-corrected chi connectivity index (χ3v) is 3.50. The zero-order valence-corrected chi connectivity index (χ0v) is 11.2. The highest BCUT2D eigenvalue weighted by atomic mass is 16.2. The largest absolute Gasteiger partial charge is 0.353 e. The van der Waals surface area contributed by atoms with E-state index in [-0.39, 0.29) is 11.9 Å². The molecule has 2 rings (SSSR count). The molecule has 0 radical (unpaired) electrons. The SMILES string of the molecule is CC(CNC(=O)C1Cc2nc[nH]c2CN1)N(C)C. The zero-order valence-electron chi connectivity index (χ0n) is 11.2. The van der Waals surface area contributed by atoms with Crippen molar-refractivity contribution in [3.63, 3.8) is 0 Å². The second-order valence-corrected chi connectivity index (χ2v) is 5.02. The smallest absolute Gasteiger partial charge is 0.237 e. The van der Waals surface area contributed by atoms with Crippen molar-refractivity contribution in [1.29, 1.82) is 0 Å². The van der Waals surface area contributed by atoms with Crippen LogP contribution in [0, 0.1) is 0 Å². The number of aromatic amines is 1. The first-order valence-electron chi connectivity index (χ1n) is 6.26. The highest BCUT2D eigenvalue weighted by Gasteiger charge is 2.25. The van der Waals surface area contributed by atoms with E-state index >= 15 is 0 Å². The lowest BCUT2D eigenvalue weighted by molar-refractivity contribution is -0.123. The number of carbonyl (C=O) groups excluding carboxylic acids is 1. The fraction of sp³-hybridized carbons (Fsp3) is 0.667. The van der Waals surface area contributed by atoms with Gasteiger partial charge in [0.05, 0.1) is 23.8 Å². The van der Waals surface area contributed by atoms with Crippen LogP contribution >= 0.6 is 0 Å². The van der Waals surface area contributed by atoms with Gasteiger partial charge in [0.1, 0.15) is 0 Å². The predicted molar refractivity (Wildman–Crippen MR) is 69.1 cm³/mol. The lowest BCUT2D eigenvalue weighted by Gasteiger charge is -2.24. The molecule has 2 unspecified atom stereocenters. The molecule has 0 aliphatic carbocycles. The summed E-state index contributed by atoms with van der Waals surface area (Å²) in [5.74, 6) is 0.0531. The van der Waals surface area contributed by atoms with E-state index in [1.165, 1.54) is 0 Å². The van der Waals surface area contributed by atoms with Crippen molar-refractivity contribution in [3.8, 4) is 0 Å². The van der Waals surface area contributed by atoms with Gasteiger partial charge in [-0.2, -0.15) is 0 Å². The maximum absolute atomic E-state index is 12.0. The van der Waals surface area contributed by atoms with Gasteiger partial charge in [-0.15, -0.1) is 0 Å². The van der Waals surface area contributed by atoms with E-state index in [4.69, 9.17) is 0 Å². The lowest BCUT2D eigenvalue weighted by Crippen LogP contribution is -2.50. The number of nitrogens with zero attached hydrogens (tertiary/aromatic N) is 2. The first kappa shape index (κ1) is 13.0. The van der Waals surface area contributed by atoms with Crippen molar-refractivity contribution in [2.24, 2.45) is 0 Å². The molecular weight excluding hydrogens is 230 g/mol. The molecule has 0 aromatic carbocycles. The van der Waals surface area contributed by atoms with Crippen molar-refractivity contribution in [3.05, 3.63) is 17.7 Å². The van der Waals surface area contributed by atoms with E-state index in [9.17, 15) is 4.79 Å². The summed E-state index contributed by atoms with van der Waals surface area (Å²) in [5, 5.41) is 6.19. The fourth-order valence-corrected chi connectivity index (χ4v) is 1.91. The molecule has 18 heavy (non-hydrogen) atoms. The van der Waals surface area contributed by atoms with E-state index < -0.39 is 0 Å². The van der Waals surface area contributed by atoms with E-state index in [2.05, 4.69) is 32.4 Å². The van der Waals surface area contributed by atoms with Gasteiger partial charge in [-0.25, -0.2) is 4.98 Å².